The Morgan fingerprint density at radius 3 is 1.29 bits per heavy atom. The first kappa shape index (κ1) is 22.2. The van der Waals surface area contributed by atoms with E-state index in [4.69, 9.17) is 23.1 Å². The van der Waals surface area contributed by atoms with Gasteiger partial charge >= 0.3 is 11.5 Å². The lowest BCUT2D eigenvalue weighted by molar-refractivity contribution is -2.00. The fraction of sp³-hybridized carbons (Fsp3) is 0. The van der Waals surface area contributed by atoms with E-state index in [0.717, 1.165) is 33.8 Å². The van der Waals surface area contributed by atoms with Gasteiger partial charge in [0.05, 0.1) is 23.3 Å². The van der Waals surface area contributed by atoms with Gasteiger partial charge in [-0.25, -0.2) is 23.1 Å². The van der Waals surface area contributed by atoms with Gasteiger partial charge in [-0.15, -0.1) is 10.2 Å². The summed E-state index contributed by atoms with van der Waals surface area (Å²) in [4.78, 5) is 0. The summed E-state index contributed by atoms with van der Waals surface area (Å²) in [5.41, 5.74) is 4.00. The van der Waals surface area contributed by atoms with Gasteiger partial charge in [0, 0.05) is 11.1 Å². The molecule has 0 spiro atoms. The monoisotopic (exact) mass is 432 g/mol. The molecule has 0 aliphatic carbocycles. The standard InChI is InChI=1S/C25H17O.ClHO4/c1-4-10-20(11-5-1)16-17-21-18-24(22-12-6-2-7-13-22)26-25(19-21)23-14-8-3-9-15-23;2-1(3,4)5/h1-15,18-19H;(H,2,3,4,5)/q+1;/p-1. The van der Waals surface area contributed by atoms with Gasteiger partial charge in [-0.3, -0.25) is 0 Å². The van der Waals surface area contributed by atoms with Crippen molar-refractivity contribution in [1.29, 1.82) is 0 Å². The Kier molecular flexibility index (Phi) is 7.52. The Labute approximate surface area is 182 Å². The molecule has 0 aliphatic rings. The van der Waals surface area contributed by atoms with Crippen molar-refractivity contribution in [3.8, 4) is 34.5 Å². The van der Waals surface area contributed by atoms with Gasteiger partial charge in [-0.05, 0) is 36.4 Å². The second-order valence-corrected chi connectivity index (χ2v) is 7.06. The molecular weight excluding hydrogens is 416 g/mol. The fourth-order valence-electron chi connectivity index (χ4n) is 2.73. The van der Waals surface area contributed by atoms with Gasteiger partial charge in [-0.2, -0.15) is 0 Å². The molecule has 1 aromatic heterocycles. The summed E-state index contributed by atoms with van der Waals surface area (Å²) in [6, 6.07) is 34.2. The molecule has 3 aromatic carbocycles. The van der Waals surface area contributed by atoms with E-state index in [-0.39, 0.29) is 0 Å². The summed E-state index contributed by atoms with van der Waals surface area (Å²) in [5.74, 6) is 8.12. The molecular formula is C25H17ClO5. The number of benzene rings is 3. The quantitative estimate of drug-likeness (QED) is 0.353. The number of halogens is 1. The lowest BCUT2D eigenvalue weighted by Gasteiger charge is -2.17. The van der Waals surface area contributed by atoms with Crippen molar-refractivity contribution in [3.05, 3.63) is 114 Å². The molecule has 0 atom stereocenters. The predicted molar refractivity (Wildman–Crippen MR) is 106 cm³/mol. The second-order valence-electron chi connectivity index (χ2n) is 6.30. The van der Waals surface area contributed by atoms with E-state index in [1.807, 2.05) is 103 Å². The Balaban J connectivity index is 0.000000491. The van der Waals surface area contributed by atoms with Crippen molar-refractivity contribution in [2.75, 3.05) is 0 Å². The molecule has 4 rings (SSSR count). The van der Waals surface area contributed by atoms with Gasteiger partial charge in [-0.1, -0.05) is 66.4 Å². The third-order valence-corrected chi connectivity index (χ3v) is 4.03. The SMILES string of the molecule is C(#Cc1cc(-c2ccccc2)[o+]c(-c2ccccc2)c1)c1ccccc1.[O-][Cl+3]([O-])([O-])[O-]. The molecule has 6 heteroatoms. The molecule has 0 saturated carbocycles. The van der Waals surface area contributed by atoms with Crippen LogP contribution in [0, 0.1) is 22.1 Å². The number of rotatable bonds is 2. The summed E-state index contributed by atoms with van der Waals surface area (Å²) < 4.78 is 40.1. The molecule has 0 unspecified atom stereocenters. The molecule has 0 N–H and O–H groups in total. The zero-order valence-electron chi connectivity index (χ0n) is 16.2. The van der Waals surface area contributed by atoms with E-state index in [1.54, 1.807) is 0 Å². The van der Waals surface area contributed by atoms with E-state index in [9.17, 15) is 0 Å². The highest BCUT2D eigenvalue weighted by Crippen LogP contribution is 2.28. The Hall–Kier alpha value is -3.50. The fourth-order valence-corrected chi connectivity index (χ4v) is 2.73. The van der Waals surface area contributed by atoms with Crippen LogP contribution in [-0.2, 0) is 0 Å². The molecule has 4 aromatic rings. The third kappa shape index (κ3) is 7.68. The van der Waals surface area contributed by atoms with Crippen molar-refractivity contribution >= 4 is 0 Å². The molecule has 154 valence electrons. The van der Waals surface area contributed by atoms with Crippen molar-refractivity contribution < 1.29 is 33.3 Å². The van der Waals surface area contributed by atoms with E-state index in [0.29, 0.717) is 0 Å². The van der Waals surface area contributed by atoms with Crippen LogP contribution in [0.4, 0.5) is 0 Å². The minimum absolute atomic E-state index is 0.810. The smallest absolute Gasteiger partial charge is 0.222 e. The van der Waals surface area contributed by atoms with E-state index < -0.39 is 10.2 Å². The van der Waals surface area contributed by atoms with Gasteiger partial charge in [0.2, 0.25) is 0 Å². The van der Waals surface area contributed by atoms with Crippen LogP contribution in [0.2, 0.25) is 0 Å². The lowest BCUT2D eigenvalue weighted by atomic mass is 10.1. The molecule has 0 amide bonds. The van der Waals surface area contributed by atoms with Gasteiger partial charge < -0.3 is 0 Å². The topological polar surface area (TPSA) is 104 Å². The van der Waals surface area contributed by atoms with Crippen LogP contribution >= 0.6 is 0 Å². The lowest BCUT2D eigenvalue weighted by Crippen LogP contribution is -2.68. The minimum Gasteiger partial charge on any atom is -0.222 e. The summed E-state index contributed by atoms with van der Waals surface area (Å²) in [5, 5.41) is 0. The molecule has 5 nitrogen and oxygen atoms in total. The first-order valence-corrected chi connectivity index (χ1v) is 10.4. The Morgan fingerprint density at radius 2 is 0.871 bits per heavy atom. The van der Waals surface area contributed by atoms with Crippen molar-refractivity contribution in [3.63, 3.8) is 0 Å². The molecule has 1 heterocycles. The van der Waals surface area contributed by atoms with Crippen LogP contribution in [0.3, 0.4) is 0 Å². The molecule has 0 aliphatic heterocycles. The Bertz CT molecular complexity index is 1100. The van der Waals surface area contributed by atoms with Crippen LogP contribution in [0.1, 0.15) is 11.1 Å². The highest BCUT2D eigenvalue weighted by Gasteiger charge is 2.18. The van der Waals surface area contributed by atoms with Crippen LogP contribution in [-0.4, -0.2) is 0 Å². The summed E-state index contributed by atoms with van der Waals surface area (Å²) in [6.45, 7) is 0. The van der Waals surface area contributed by atoms with Gasteiger partial charge in [0.1, 0.15) is 0 Å². The average molecular weight is 433 g/mol. The van der Waals surface area contributed by atoms with Crippen molar-refractivity contribution in [2.24, 2.45) is 0 Å². The zero-order valence-corrected chi connectivity index (χ0v) is 17.0. The normalized spacial score (nSPS) is 10.3. The first-order chi connectivity index (χ1) is 14.9. The maximum atomic E-state index is 8.49. The van der Waals surface area contributed by atoms with Crippen LogP contribution < -0.4 is 18.6 Å². The minimum atomic E-state index is -4.94. The van der Waals surface area contributed by atoms with E-state index in [1.165, 1.54) is 0 Å². The summed E-state index contributed by atoms with van der Waals surface area (Å²) in [7, 11) is -4.94. The van der Waals surface area contributed by atoms with Crippen molar-refractivity contribution in [1.82, 2.24) is 0 Å². The van der Waals surface area contributed by atoms with E-state index >= 15 is 0 Å². The van der Waals surface area contributed by atoms with Crippen LogP contribution in [0.5, 0.6) is 0 Å². The maximum absolute atomic E-state index is 8.49. The summed E-state index contributed by atoms with van der Waals surface area (Å²) >= 11 is 0. The Morgan fingerprint density at radius 1 is 0.516 bits per heavy atom. The van der Waals surface area contributed by atoms with Gasteiger partial charge in [0.15, 0.2) is 0 Å². The number of hydrogen-bond acceptors (Lipinski definition) is 4. The molecule has 31 heavy (non-hydrogen) atoms. The zero-order chi connectivity index (χ0) is 22.1. The summed E-state index contributed by atoms with van der Waals surface area (Å²) in [6.07, 6.45) is 0. The third-order valence-electron chi connectivity index (χ3n) is 4.03. The molecule has 0 fully saturated rings. The molecule has 0 saturated heterocycles. The van der Waals surface area contributed by atoms with E-state index in [2.05, 4.69) is 11.8 Å². The van der Waals surface area contributed by atoms with Crippen molar-refractivity contribution in [2.45, 2.75) is 0 Å². The first-order valence-electron chi connectivity index (χ1n) is 9.16. The van der Waals surface area contributed by atoms with Crippen LogP contribution in [0.25, 0.3) is 22.6 Å². The van der Waals surface area contributed by atoms with Crippen LogP contribution in [0.15, 0.2) is 108 Å². The average Bonchev–Trinajstić information content (AvgIpc) is 2.78. The highest BCUT2D eigenvalue weighted by molar-refractivity contribution is 5.66. The predicted octanol–water partition coefficient (Wildman–Crippen LogP) is 1.54. The highest BCUT2D eigenvalue weighted by atomic mass is 35.7. The second kappa shape index (κ2) is 10.5. The maximum Gasteiger partial charge on any atom is 0.362 e. The van der Waals surface area contributed by atoms with Gasteiger partial charge in [0.25, 0.3) is 0 Å². The molecule has 0 radical (unpaired) electrons. The molecule has 0 bridgehead atoms. The number of hydrogen-bond donors (Lipinski definition) is 0. The largest absolute Gasteiger partial charge is 0.362 e.